The molecular weight excluding hydrogens is 356 g/mol. The Bertz CT molecular complexity index is 811. The molecule has 8 heteroatoms. The average Bonchev–Trinajstić information content (AvgIpc) is 2.61. The number of anilines is 1. The summed E-state index contributed by atoms with van der Waals surface area (Å²) >= 11 is 5.78. The van der Waals surface area contributed by atoms with E-state index >= 15 is 0 Å². The Balaban J connectivity index is 1.54. The van der Waals surface area contributed by atoms with E-state index < -0.39 is 6.09 Å². The molecule has 26 heavy (non-hydrogen) atoms. The van der Waals surface area contributed by atoms with Crippen LogP contribution in [0.25, 0.3) is 0 Å². The predicted molar refractivity (Wildman–Crippen MR) is 98.5 cm³/mol. The maximum atomic E-state index is 12.0. The van der Waals surface area contributed by atoms with Crippen LogP contribution in [0.15, 0.2) is 36.5 Å². The largest absolute Gasteiger partial charge is 0.465 e. The first-order valence-electron chi connectivity index (χ1n) is 8.26. The van der Waals surface area contributed by atoms with Crippen molar-refractivity contribution in [3.63, 3.8) is 0 Å². The maximum Gasteiger partial charge on any atom is 0.404 e. The zero-order valence-electron chi connectivity index (χ0n) is 14.0. The first-order valence-corrected chi connectivity index (χ1v) is 8.64. The second-order valence-electron chi connectivity index (χ2n) is 6.15. The fourth-order valence-corrected chi connectivity index (χ4v) is 3.10. The van der Waals surface area contributed by atoms with Gasteiger partial charge in [-0.2, -0.15) is 0 Å². The Kier molecular flexibility index (Phi) is 5.58. The van der Waals surface area contributed by atoms with Gasteiger partial charge in [0.25, 0.3) is 0 Å². The molecule has 1 aliphatic carbocycles. The fraction of sp³-hybridized carbons (Fsp3) is 0.278. The van der Waals surface area contributed by atoms with Gasteiger partial charge < -0.3 is 21.1 Å². The molecule has 0 aliphatic heterocycles. The number of urea groups is 1. The summed E-state index contributed by atoms with van der Waals surface area (Å²) in [5, 5.41) is 17.5. The summed E-state index contributed by atoms with van der Waals surface area (Å²) in [6.45, 7) is 0.302. The number of carboxylic acid groups (broad SMARTS) is 1. The Labute approximate surface area is 155 Å². The van der Waals surface area contributed by atoms with Crippen molar-refractivity contribution in [1.29, 1.82) is 0 Å². The lowest BCUT2D eigenvalue weighted by atomic mass is 9.88. The summed E-state index contributed by atoms with van der Waals surface area (Å²) in [4.78, 5) is 26.9. The SMILES string of the molecule is O=C(O)NC1CCc2cc(NC(=O)NCc3ccc(Cl)cn3)ccc2C1. The van der Waals surface area contributed by atoms with Crippen molar-refractivity contribution in [2.75, 3.05) is 5.32 Å². The van der Waals surface area contributed by atoms with E-state index in [2.05, 4.69) is 20.9 Å². The van der Waals surface area contributed by atoms with Crippen LogP contribution in [-0.2, 0) is 19.4 Å². The number of benzene rings is 1. The van der Waals surface area contributed by atoms with Crippen LogP contribution < -0.4 is 16.0 Å². The number of pyridine rings is 1. The number of carbonyl (C=O) groups is 2. The molecule has 3 rings (SSSR count). The molecular formula is C18H19ClN4O3. The number of amides is 3. The van der Waals surface area contributed by atoms with E-state index in [1.807, 2.05) is 18.2 Å². The van der Waals surface area contributed by atoms with Gasteiger partial charge in [-0.25, -0.2) is 9.59 Å². The van der Waals surface area contributed by atoms with Crippen molar-refractivity contribution in [2.45, 2.75) is 31.8 Å². The predicted octanol–water partition coefficient (Wildman–Crippen LogP) is 3.18. The second kappa shape index (κ2) is 8.05. The van der Waals surface area contributed by atoms with Crippen molar-refractivity contribution in [1.82, 2.24) is 15.6 Å². The number of aryl methyl sites for hydroxylation is 1. The van der Waals surface area contributed by atoms with Gasteiger partial charge in [0.2, 0.25) is 0 Å². The third-order valence-electron chi connectivity index (χ3n) is 4.24. The Morgan fingerprint density at radius 3 is 2.81 bits per heavy atom. The van der Waals surface area contributed by atoms with E-state index in [-0.39, 0.29) is 12.1 Å². The van der Waals surface area contributed by atoms with Crippen LogP contribution in [0.2, 0.25) is 5.02 Å². The molecule has 0 saturated carbocycles. The smallest absolute Gasteiger partial charge is 0.404 e. The first kappa shape index (κ1) is 18.0. The molecule has 7 nitrogen and oxygen atoms in total. The number of rotatable bonds is 4. The summed E-state index contributed by atoms with van der Waals surface area (Å²) < 4.78 is 0. The highest BCUT2D eigenvalue weighted by atomic mass is 35.5. The number of halogens is 1. The molecule has 0 fully saturated rings. The van der Waals surface area contributed by atoms with E-state index in [4.69, 9.17) is 16.7 Å². The van der Waals surface area contributed by atoms with Crippen molar-refractivity contribution < 1.29 is 14.7 Å². The van der Waals surface area contributed by atoms with Gasteiger partial charge >= 0.3 is 12.1 Å². The molecule has 0 saturated heterocycles. The van der Waals surface area contributed by atoms with Crippen LogP contribution in [-0.4, -0.2) is 28.3 Å². The summed E-state index contributed by atoms with van der Waals surface area (Å²) in [7, 11) is 0. The van der Waals surface area contributed by atoms with E-state index in [1.54, 1.807) is 12.1 Å². The normalized spacial score (nSPS) is 15.7. The van der Waals surface area contributed by atoms with Crippen LogP contribution in [0.5, 0.6) is 0 Å². The molecule has 3 amide bonds. The molecule has 1 atom stereocenters. The van der Waals surface area contributed by atoms with Gasteiger partial charge in [-0.15, -0.1) is 0 Å². The molecule has 0 spiro atoms. The highest BCUT2D eigenvalue weighted by Gasteiger charge is 2.20. The van der Waals surface area contributed by atoms with Gasteiger partial charge in [0.05, 0.1) is 17.3 Å². The monoisotopic (exact) mass is 374 g/mol. The summed E-state index contributed by atoms with van der Waals surface area (Å²) in [6, 6.07) is 8.79. The molecule has 1 aliphatic rings. The minimum absolute atomic E-state index is 0.0611. The van der Waals surface area contributed by atoms with E-state index in [9.17, 15) is 9.59 Å². The van der Waals surface area contributed by atoms with E-state index in [0.717, 1.165) is 24.0 Å². The molecule has 2 aromatic rings. The molecule has 1 unspecified atom stereocenters. The van der Waals surface area contributed by atoms with Crippen LogP contribution in [0.3, 0.4) is 0 Å². The first-order chi connectivity index (χ1) is 12.5. The zero-order valence-corrected chi connectivity index (χ0v) is 14.7. The molecule has 136 valence electrons. The lowest BCUT2D eigenvalue weighted by Crippen LogP contribution is -2.37. The third kappa shape index (κ3) is 4.86. The minimum Gasteiger partial charge on any atom is -0.465 e. The quantitative estimate of drug-likeness (QED) is 0.659. The molecule has 4 N–H and O–H groups in total. The van der Waals surface area contributed by atoms with E-state index in [1.165, 1.54) is 6.20 Å². The van der Waals surface area contributed by atoms with Gasteiger partial charge in [0.15, 0.2) is 0 Å². The van der Waals surface area contributed by atoms with Gasteiger partial charge in [-0.05, 0) is 54.7 Å². The van der Waals surface area contributed by atoms with Crippen LogP contribution in [0.1, 0.15) is 23.2 Å². The van der Waals surface area contributed by atoms with Crippen LogP contribution >= 0.6 is 11.6 Å². The average molecular weight is 375 g/mol. The highest BCUT2D eigenvalue weighted by Crippen LogP contribution is 2.24. The minimum atomic E-state index is -0.997. The second-order valence-corrected chi connectivity index (χ2v) is 6.58. The zero-order chi connectivity index (χ0) is 18.5. The number of fused-ring (bicyclic) bond motifs is 1. The van der Waals surface area contributed by atoms with Crippen LogP contribution in [0.4, 0.5) is 15.3 Å². The number of nitrogens with zero attached hydrogens (tertiary/aromatic N) is 1. The molecule has 1 aromatic carbocycles. The van der Waals surface area contributed by atoms with Crippen molar-refractivity contribution in [3.05, 3.63) is 58.4 Å². The number of hydrogen-bond donors (Lipinski definition) is 4. The third-order valence-corrected chi connectivity index (χ3v) is 4.46. The topological polar surface area (TPSA) is 103 Å². The van der Waals surface area contributed by atoms with Gasteiger partial charge in [-0.3, -0.25) is 4.98 Å². The van der Waals surface area contributed by atoms with Crippen molar-refractivity contribution in [2.24, 2.45) is 0 Å². The molecule has 0 radical (unpaired) electrons. The lowest BCUT2D eigenvalue weighted by molar-refractivity contribution is 0.188. The van der Waals surface area contributed by atoms with Gasteiger partial charge in [0, 0.05) is 17.9 Å². The summed E-state index contributed by atoms with van der Waals surface area (Å²) in [6.07, 6.45) is 2.72. The highest BCUT2D eigenvalue weighted by molar-refractivity contribution is 6.30. The lowest BCUT2D eigenvalue weighted by Gasteiger charge is -2.25. The maximum absolute atomic E-state index is 12.0. The Morgan fingerprint density at radius 1 is 1.23 bits per heavy atom. The summed E-state index contributed by atoms with van der Waals surface area (Å²) in [5.41, 5.74) is 3.65. The number of hydrogen-bond acceptors (Lipinski definition) is 3. The molecule has 1 aromatic heterocycles. The number of nitrogens with one attached hydrogen (secondary N) is 3. The van der Waals surface area contributed by atoms with Crippen molar-refractivity contribution in [3.8, 4) is 0 Å². The van der Waals surface area contributed by atoms with Gasteiger partial charge in [-0.1, -0.05) is 17.7 Å². The Morgan fingerprint density at radius 2 is 2.08 bits per heavy atom. The standard InChI is InChI=1S/C18H19ClN4O3/c19-13-3-6-16(20-9-13)10-21-17(24)22-14-4-1-12-8-15(23-18(25)26)5-2-11(12)7-14/h1,3-4,6-7,9,15,23H,2,5,8,10H2,(H,25,26)(H2,21,22,24). The number of aromatic nitrogens is 1. The number of carbonyl (C=O) groups excluding carboxylic acids is 1. The summed E-state index contributed by atoms with van der Waals surface area (Å²) in [5.74, 6) is 0. The molecule has 0 bridgehead atoms. The van der Waals surface area contributed by atoms with Crippen molar-refractivity contribution >= 4 is 29.4 Å². The Hall–Kier alpha value is -2.80. The molecule has 1 heterocycles. The van der Waals surface area contributed by atoms with Crippen LogP contribution in [0, 0.1) is 0 Å². The van der Waals surface area contributed by atoms with Gasteiger partial charge in [0.1, 0.15) is 0 Å². The van der Waals surface area contributed by atoms with E-state index in [0.29, 0.717) is 29.4 Å². The fourth-order valence-electron chi connectivity index (χ4n) is 2.99.